The smallest absolute Gasteiger partial charge is 0.319 e. The van der Waals surface area contributed by atoms with E-state index in [-0.39, 0.29) is 6.03 Å². The molecule has 1 atom stereocenters. The monoisotopic (exact) mass is 265 g/mol. The van der Waals surface area contributed by atoms with Crippen molar-refractivity contribution in [1.29, 1.82) is 0 Å². The third-order valence-corrected chi connectivity index (χ3v) is 3.98. The highest BCUT2D eigenvalue weighted by Gasteiger charge is 2.35. The first kappa shape index (κ1) is 11.8. The molecule has 0 radical (unpaired) electrons. The molecule has 1 unspecified atom stereocenters. The Hall–Kier alpha value is -1.26. The van der Waals surface area contributed by atoms with Gasteiger partial charge in [-0.25, -0.2) is 4.79 Å². The average molecular weight is 266 g/mol. The molecule has 4 nitrogen and oxygen atoms in total. The predicted octanol–water partition coefficient (Wildman–Crippen LogP) is 1.94. The summed E-state index contributed by atoms with van der Waals surface area (Å²) in [6.45, 7) is 3.30. The van der Waals surface area contributed by atoms with Gasteiger partial charge < -0.3 is 10.2 Å². The highest BCUT2D eigenvalue weighted by molar-refractivity contribution is 6.33. The number of benzene rings is 1. The van der Waals surface area contributed by atoms with Crippen LogP contribution < -0.4 is 10.2 Å². The van der Waals surface area contributed by atoms with Gasteiger partial charge in [0.05, 0.1) is 10.7 Å². The van der Waals surface area contributed by atoms with Gasteiger partial charge >= 0.3 is 6.03 Å². The number of piperazine rings is 1. The minimum Gasteiger partial charge on any atom is -0.319 e. The molecule has 2 saturated heterocycles. The maximum Gasteiger partial charge on any atom is 0.324 e. The average Bonchev–Trinajstić information content (AvgIpc) is 2.41. The van der Waals surface area contributed by atoms with Crippen LogP contribution in [-0.4, -0.2) is 43.2 Å². The maximum absolute atomic E-state index is 12.5. The quantitative estimate of drug-likeness (QED) is 0.842. The molecule has 18 heavy (non-hydrogen) atoms. The van der Waals surface area contributed by atoms with Crippen molar-refractivity contribution in [1.82, 2.24) is 10.2 Å². The number of amides is 2. The van der Waals surface area contributed by atoms with Crippen LogP contribution in [-0.2, 0) is 0 Å². The van der Waals surface area contributed by atoms with E-state index in [0.717, 1.165) is 38.3 Å². The van der Waals surface area contributed by atoms with Crippen LogP contribution in [0.1, 0.15) is 6.42 Å². The number of rotatable bonds is 1. The lowest BCUT2D eigenvalue weighted by atomic mass is 10.1. The lowest BCUT2D eigenvalue weighted by Crippen LogP contribution is -2.61. The van der Waals surface area contributed by atoms with Gasteiger partial charge in [-0.1, -0.05) is 23.7 Å². The van der Waals surface area contributed by atoms with Crippen molar-refractivity contribution < 1.29 is 4.79 Å². The molecule has 1 N–H and O–H groups in total. The number of anilines is 1. The van der Waals surface area contributed by atoms with Crippen molar-refractivity contribution in [2.45, 2.75) is 12.5 Å². The molecule has 0 aromatic heterocycles. The van der Waals surface area contributed by atoms with E-state index in [1.165, 1.54) is 0 Å². The Morgan fingerprint density at radius 3 is 2.94 bits per heavy atom. The third-order valence-electron chi connectivity index (χ3n) is 3.66. The van der Waals surface area contributed by atoms with E-state index in [9.17, 15) is 4.79 Å². The largest absolute Gasteiger partial charge is 0.324 e. The van der Waals surface area contributed by atoms with E-state index in [1.54, 1.807) is 4.90 Å². The molecule has 3 rings (SSSR count). The Morgan fingerprint density at radius 1 is 1.28 bits per heavy atom. The molecule has 0 saturated carbocycles. The topological polar surface area (TPSA) is 35.6 Å². The number of halogens is 1. The zero-order valence-electron chi connectivity index (χ0n) is 10.1. The van der Waals surface area contributed by atoms with Crippen molar-refractivity contribution in [3.05, 3.63) is 29.3 Å². The molecule has 5 heteroatoms. The van der Waals surface area contributed by atoms with Gasteiger partial charge in [0.15, 0.2) is 0 Å². The Labute approximate surface area is 112 Å². The summed E-state index contributed by atoms with van der Waals surface area (Å²) in [5, 5.41) is 3.97. The van der Waals surface area contributed by atoms with Gasteiger partial charge in [-0.05, 0) is 18.6 Å². The van der Waals surface area contributed by atoms with Crippen LogP contribution in [0.5, 0.6) is 0 Å². The van der Waals surface area contributed by atoms with E-state index >= 15 is 0 Å². The van der Waals surface area contributed by atoms with Crippen molar-refractivity contribution >= 4 is 23.3 Å². The molecule has 0 spiro atoms. The number of carbonyl (C=O) groups is 1. The molecule has 0 aliphatic carbocycles. The number of para-hydroxylation sites is 1. The second kappa shape index (κ2) is 4.78. The van der Waals surface area contributed by atoms with Crippen molar-refractivity contribution in [2.24, 2.45) is 0 Å². The lowest BCUT2D eigenvalue weighted by molar-refractivity contribution is 0.147. The van der Waals surface area contributed by atoms with Gasteiger partial charge in [0.2, 0.25) is 0 Å². The first-order chi connectivity index (χ1) is 8.77. The standard InChI is InChI=1S/C13H16ClN3O/c14-11-3-1-2-4-12(11)17-7-5-10-9-15-6-8-16(10)13(17)18/h1-4,10,15H,5-9H2. The highest BCUT2D eigenvalue weighted by atomic mass is 35.5. The normalized spacial score (nSPS) is 24.1. The van der Waals surface area contributed by atoms with Gasteiger partial charge in [-0.2, -0.15) is 0 Å². The summed E-state index contributed by atoms with van der Waals surface area (Å²) in [5.74, 6) is 0. The second-order valence-corrected chi connectivity index (χ2v) is 5.13. The fourth-order valence-corrected chi connectivity index (χ4v) is 2.93. The van der Waals surface area contributed by atoms with Gasteiger partial charge in [-0.3, -0.25) is 4.90 Å². The Morgan fingerprint density at radius 2 is 2.11 bits per heavy atom. The summed E-state index contributed by atoms with van der Waals surface area (Å²) in [6, 6.07) is 7.95. The molecule has 96 valence electrons. The third kappa shape index (κ3) is 1.95. The summed E-state index contributed by atoms with van der Waals surface area (Å²) in [5.41, 5.74) is 0.821. The fourth-order valence-electron chi connectivity index (χ4n) is 2.69. The van der Waals surface area contributed by atoms with E-state index in [4.69, 9.17) is 11.6 Å². The van der Waals surface area contributed by atoms with Gasteiger partial charge in [0.1, 0.15) is 0 Å². The van der Waals surface area contributed by atoms with Gasteiger partial charge in [-0.15, -0.1) is 0 Å². The molecule has 0 bridgehead atoms. The molecule has 2 aliphatic heterocycles. The first-order valence-corrected chi connectivity index (χ1v) is 6.68. The Kier molecular flexibility index (Phi) is 3.14. The van der Waals surface area contributed by atoms with Crippen LogP contribution in [0.15, 0.2) is 24.3 Å². The summed E-state index contributed by atoms with van der Waals surface area (Å²) in [6.07, 6.45) is 0.990. The number of nitrogens with zero attached hydrogens (tertiary/aromatic N) is 2. The number of urea groups is 1. The molecule has 2 amide bonds. The van der Waals surface area contributed by atoms with Crippen LogP contribution in [0.3, 0.4) is 0 Å². The maximum atomic E-state index is 12.5. The second-order valence-electron chi connectivity index (χ2n) is 4.73. The van der Waals surface area contributed by atoms with Crippen LogP contribution in [0.25, 0.3) is 0 Å². The van der Waals surface area contributed by atoms with Gasteiger partial charge in [0.25, 0.3) is 0 Å². The summed E-state index contributed by atoms with van der Waals surface area (Å²) < 4.78 is 0. The lowest BCUT2D eigenvalue weighted by Gasteiger charge is -2.44. The minimum atomic E-state index is 0.0841. The van der Waals surface area contributed by atoms with E-state index in [0.29, 0.717) is 11.1 Å². The van der Waals surface area contributed by atoms with Crippen molar-refractivity contribution in [2.75, 3.05) is 31.1 Å². The molecular formula is C13H16ClN3O. The minimum absolute atomic E-state index is 0.0841. The fraction of sp³-hybridized carbons (Fsp3) is 0.462. The summed E-state index contributed by atoms with van der Waals surface area (Å²) in [4.78, 5) is 16.2. The molecule has 1 aromatic carbocycles. The van der Waals surface area contributed by atoms with Crippen molar-refractivity contribution in [3.63, 3.8) is 0 Å². The summed E-state index contributed by atoms with van der Waals surface area (Å²) >= 11 is 6.17. The van der Waals surface area contributed by atoms with Crippen LogP contribution in [0.4, 0.5) is 10.5 Å². The molecule has 2 heterocycles. The Balaban J connectivity index is 1.86. The number of nitrogens with one attached hydrogen (secondary N) is 1. The SMILES string of the molecule is O=C1N(c2ccccc2Cl)CCC2CNCCN12. The number of carbonyl (C=O) groups excluding carboxylic acids is 1. The molecular weight excluding hydrogens is 250 g/mol. The predicted molar refractivity (Wildman–Crippen MR) is 72.2 cm³/mol. The zero-order chi connectivity index (χ0) is 12.5. The highest BCUT2D eigenvalue weighted by Crippen LogP contribution is 2.29. The van der Waals surface area contributed by atoms with E-state index in [1.807, 2.05) is 29.2 Å². The number of hydrogen-bond acceptors (Lipinski definition) is 2. The molecule has 2 fully saturated rings. The zero-order valence-corrected chi connectivity index (χ0v) is 10.9. The van der Waals surface area contributed by atoms with Crippen LogP contribution >= 0.6 is 11.6 Å². The number of fused-ring (bicyclic) bond motifs is 1. The molecule has 2 aliphatic rings. The van der Waals surface area contributed by atoms with E-state index in [2.05, 4.69) is 5.32 Å². The Bertz CT molecular complexity index is 465. The van der Waals surface area contributed by atoms with Crippen LogP contribution in [0.2, 0.25) is 5.02 Å². The van der Waals surface area contributed by atoms with E-state index < -0.39 is 0 Å². The van der Waals surface area contributed by atoms with Crippen molar-refractivity contribution in [3.8, 4) is 0 Å². The van der Waals surface area contributed by atoms with Gasteiger partial charge in [0, 0.05) is 32.2 Å². The number of hydrogen-bond donors (Lipinski definition) is 1. The van der Waals surface area contributed by atoms with Crippen LogP contribution in [0, 0.1) is 0 Å². The summed E-state index contributed by atoms with van der Waals surface area (Å²) in [7, 11) is 0. The first-order valence-electron chi connectivity index (χ1n) is 6.31. The molecule has 1 aromatic rings.